The molecule has 0 saturated heterocycles. The molecular weight excluding hydrogens is 238 g/mol. The van der Waals surface area contributed by atoms with Gasteiger partial charge in [0, 0.05) is 12.0 Å². The molecule has 1 aromatic carbocycles. The number of ether oxygens (including phenoxy) is 1. The zero-order valence-corrected chi connectivity index (χ0v) is 12.6. The number of nitrogens with one attached hydrogen (secondary N) is 1. The van der Waals surface area contributed by atoms with Crippen molar-refractivity contribution in [2.45, 2.75) is 45.6 Å². The van der Waals surface area contributed by atoms with Crippen molar-refractivity contribution in [3.8, 4) is 0 Å². The van der Waals surface area contributed by atoms with Crippen LogP contribution in [0.1, 0.15) is 40.2 Å². The van der Waals surface area contributed by atoms with Crippen LogP contribution in [0.15, 0.2) is 30.3 Å². The highest BCUT2D eigenvalue weighted by atomic mass is 16.5. The monoisotopic (exact) mass is 263 g/mol. The highest BCUT2D eigenvalue weighted by molar-refractivity contribution is 5.79. The largest absolute Gasteiger partial charge is 0.465 e. The first-order chi connectivity index (χ1) is 8.79. The second-order valence-electron chi connectivity index (χ2n) is 5.95. The Balaban J connectivity index is 2.67. The molecule has 0 amide bonds. The van der Waals surface area contributed by atoms with Gasteiger partial charge in [-0.15, -0.1) is 0 Å². The second-order valence-corrected chi connectivity index (χ2v) is 5.95. The summed E-state index contributed by atoms with van der Waals surface area (Å²) in [5, 5.41) is 3.31. The molecule has 0 unspecified atom stereocenters. The molecule has 0 fully saturated rings. The van der Waals surface area contributed by atoms with Crippen LogP contribution in [-0.2, 0) is 14.9 Å². The van der Waals surface area contributed by atoms with Crippen molar-refractivity contribution < 1.29 is 9.53 Å². The lowest BCUT2D eigenvalue weighted by Gasteiger charge is -2.31. The van der Waals surface area contributed by atoms with Gasteiger partial charge in [0.15, 0.2) is 0 Å². The summed E-state index contributed by atoms with van der Waals surface area (Å²) >= 11 is 0. The van der Waals surface area contributed by atoms with Gasteiger partial charge in [0.1, 0.15) is 5.54 Å². The number of carbonyl (C=O) groups excluding carboxylic acids is 1. The van der Waals surface area contributed by atoms with Crippen molar-refractivity contribution in [1.82, 2.24) is 5.32 Å². The van der Waals surface area contributed by atoms with Crippen LogP contribution < -0.4 is 5.32 Å². The lowest BCUT2D eigenvalue weighted by atomic mass is 9.84. The predicted octanol–water partition coefficient (Wildman–Crippen LogP) is 2.90. The summed E-state index contributed by atoms with van der Waals surface area (Å²) in [6.07, 6.45) is 0. The summed E-state index contributed by atoms with van der Waals surface area (Å²) in [5.74, 6) is -0.209. The zero-order valence-electron chi connectivity index (χ0n) is 12.6. The molecule has 3 nitrogen and oxygen atoms in total. The summed E-state index contributed by atoms with van der Waals surface area (Å²) in [7, 11) is 0. The number of benzene rings is 1. The van der Waals surface area contributed by atoms with Gasteiger partial charge in [0.2, 0.25) is 0 Å². The van der Waals surface area contributed by atoms with Crippen LogP contribution in [0.3, 0.4) is 0 Å². The van der Waals surface area contributed by atoms with Gasteiger partial charge >= 0.3 is 5.97 Å². The van der Waals surface area contributed by atoms with Crippen molar-refractivity contribution in [1.29, 1.82) is 0 Å². The van der Waals surface area contributed by atoms with Gasteiger partial charge in [-0.3, -0.25) is 4.79 Å². The quantitative estimate of drug-likeness (QED) is 0.802. The number of esters is 1. The molecule has 1 rings (SSSR count). The van der Waals surface area contributed by atoms with E-state index in [9.17, 15) is 4.79 Å². The number of rotatable bonds is 6. The van der Waals surface area contributed by atoms with E-state index in [1.54, 1.807) is 0 Å². The minimum Gasteiger partial charge on any atom is -0.465 e. The Morgan fingerprint density at radius 1 is 1.16 bits per heavy atom. The molecular formula is C16H25NO2. The maximum absolute atomic E-state index is 11.8. The molecule has 3 heteroatoms. The molecule has 1 aromatic rings. The molecule has 0 saturated carbocycles. The Kier molecular flexibility index (Phi) is 5.12. The summed E-state index contributed by atoms with van der Waals surface area (Å²) < 4.78 is 5.08. The standard InChI is InChI=1S/C16H25NO2/c1-6-19-14(18)16(4,5)17-12-15(2,3)13-10-8-7-9-11-13/h7-11,17H,6,12H2,1-5H3. The lowest BCUT2D eigenvalue weighted by Crippen LogP contribution is -2.51. The smallest absolute Gasteiger partial charge is 0.325 e. The van der Waals surface area contributed by atoms with Gasteiger partial charge in [-0.2, -0.15) is 0 Å². The normalized spacial score (nSPS) is 12.3. The van der Waals surface area contributed by atoms with Crippen molar-refractivity contribution in [2.24, 2.45) is 0 Å². The summed E-state index contributed by atoms with van der Waals surface area (Å²) in [5.41, 5.74) is 0.551. The van der Waals surface area contributed by atoms with Crippen LogP contribution >= 0.6 is 0 Å². The molecule has 19 heavy (non-hydrogen) atoms. The van der Waals surface area contributed by atoms with Crippen molar-refractivity contribution in [3.63, 3.8) is 0 Å². The molecule has 0 spiro atoms. The third-order valence-electron chi connectivity index (χ3n) is 3.31. The van der Waals surface area contributed by atoms with Gasteiger partial charge in [0.25, 0.3) is 0 Å². The first-order valence-corrected chi connectivity index (χ1v) is 6.77. The summed E-state index contributed by atoms with van der Waals surface area (Å²) in [6, 6.07) is 10.3. The third-order valence-corrected chi connectivity index (χ3v) is 3.31. The Bertz CT molecular complexity index is 410. The van der Waals surface area contributed by atoms with Gasteiger partial charge in [0.05, 0.1) is 6.61 Å². The average molecular weight is 263 g/mol. The Morgan fingerprint density at radius 2 is 1.74 bits per heavy atom. The van der Waals surface area contributed by atoms with E-state index in [0.717, 1.165) is 0 Å². The summed E-state index contributed by atoms with van der Waals surface area (Å²) in [4.78, 5) is 11.8. The van der Waals surface area contributed by atoms with E-state index < -0.39 is 5.54 Å². The second kappa shape index (κ2) is 6.20. The van der Waals surface area contributed by atoms with Gasteiger partial charge in [-0.1, -0.05) is 44.2 Å². The van der Waals surface area contributed by atoms with Crippen LogP contribution in [0, 0.1) is 0 Å². The topological polar surface area (TPSA) is 38.3 Å². The number of hydrogen-bond acceptors (Lipinski definition) is 3. The number of carbonyl (C=O) groups is 1. The molecule has 0 aromatic heterocycles. The minimum absolute atomic E-state index is 0.0367. The Labute approximate surface area is 116 Å². The molecule has 106 valence electrons. The van der Waals surface area contributed by atoms with E-state index in [1.807, 2.05) is 39.0 Å². The molecule has 0 aliphatic heterocycles. The highest BCUT2D eigenvalue weighted by Crippen LogP contribution is 2.22. The first kappa shape index (κ1) is 15.7. The van der Waals surface area contributed by atoms with E-state index >= 15 is 0 Å². The summed E-state index contributed by atoms with van der Waals surface area (Å²) in [6.45, 7) is 11.0. The van der Waals surface area contributed by atoms with Crippen LogP contribution in [0.2, 0.25) is 0 Å². The van der Waals surface area contributed by atoms with E-state index in [2.05, 4.69) is 31.3 Å². The fraction of sp³-hybridized carbons (Fsp3) is 0.562. The zero-order chi connectivity index (χ0) is 14.5. The first-order valence-electron chi connectivity index (χ1n) is 6.77. The molecule has 1 N–H and O–H groups in total. The van der Waals surface area contributed by atoms with Crippen molar-refractivity contribution >= 4 is 5.97 Å². The highest BCUT2D eigenvalue weighted by Gasteiger charge is 2.31. The molecule has 0 aliphatic carbocycles. The minimum atomic E-state index is -0.665. The van der Waals surface area contributed by atoms with Crippen LogP contribution in [0.25, 0.3) is 0 Å². The SMILES string of the molecule is CCOC(=O)C(C)(C)NCC(C)(C)c1ccccc1. The van der Waals surface area contributed by atoms with Gasteiger partial charge in [-0.25, -0.2) is 0 Å². The fourth-order valence-corrected chi connectivity index (χ4v) is 1.82. The molecule has 0 aliphatic rings. The lowest BCUT2D eigenvalue weighted by molar-refractivity contribution is -0.149. The van der Waals surface area contributed by atoms with Crippen LogP contribution in [-0.4, -0.2) is 24.7 Å². The van der Waals surface area contributed by atoms with Crippen molar-refractivity contribution in [2.75, 3.05) is 13.2 Å². The third kappa shape index (κ3) is 4.35. The van der Waals surface area contributed by atoms with E-state index in [-0.39, 0.29) is 11.4 Å². The number of hydrogen-bond donors (Lipinski definition) is 1. The average Bonchev–Trinajstić information content (AvgIpc) is 2.38. The van der Waals surface area contributed by atoms with E-state index in [4.69, 9.17) is 4.74 Å². The molecule has 0 radical (unpaired) electrons. The van der Waals surface area contributed by atoms with Gasteiger partial charge in [-0.05, 0) is 26.3 Å². The molecule has 0 bridgehead atoms. The van der Waals surface area contributed by atoms with Crippen molar-refractivity contribution in [3.05, 3.63) is 35.9 Å². The van der Waals surface area contributed by atoms with Crippen LogP contribution in [0.4, 0.5) is 0 Å². The maximum Gasteiger partial charge on any atom is 0.325 e. The maximum atomic E-state index is 11.8. The van der Waals surface area contributed by atoms with E-state index in [1.165, 1.54) is 5.56 Å². The Morgan fingerprint density at radius 3 is 2.26 bits per heavy atom. The molecule has 0 heterocycles. The predicted molar refractivity (Wildman–Crippen MR) is 78.2 cm³/mol. The van der Waals surface area contributed by atoms with Gasteiger partial charge < -0.3 is 10.1 Å². The Hall–Kier alpha value is -1.35. The van der Waals surface area contributed by atoms with Crippen LogP contribution in [0.5, 0.6) is 0 Å². The fourth-order valence-electron chi connectivity index (χ4n) is 1.82. The van der Waals surface area contributed by atoms with E-state index in [0.29, 0.717) is 13.2 Å². The molecule has 0 atom stereocenters.